The molecule has 1 atom stereocenters. The van der Waals surface area contributed by atoms with E-state index >= 15 is 0 Å². The third-order valence-electron chi connectivity index (χ3n) is 3.05. The maximum absolute atomic E-state index is 11.9. The van der Waals surface area contributed by atoms with Gasteiger partial charge in [-0.1, -0.05) is 23.8 Å². The fourth-order valence-electron chi connectivity index (χ4n) is 1.90. The maximum Gasteiger partial charge on any atom is 0.303 e. The standard InChI is InChI=1S/C15H21NO3/c1-10-4-5-11(2)13(8-10)9-14(17)16-12(3)6-7-15(18)19/h4-5,8,12H,6-7,9H2,1-3H3,(H,16,17)(H,18,19). The Kier molecular flexibility index (Phi) is 5.55. The van der Waals surface area contributed by atoms with Crippen LogP contribution in [0.5, 0.6) is 0 Å². The fourth-order valence-corrected chi connectivity index (χ4v) is 1.90. The molecule has 104 valence electrons. The van der Waals surface area contributed by atoms with Gasteiger partial charge in [0.05, 0.1) is 6.42 Å². The maximum atomic E-state index is 11.9. The Labute approximate surface area is 113 Å². The SMILES string of the molecule is Cc1ccc(C)c(CC(=O)NC(C)CCC(=O)O)c1. The molecule has 0 spiro atoms. The molecule has 1 aromatic rings. The van der Waals surface area contributed by atoms with E-state index in [1.807, 2.05) is 39.0 Å². The number of rotatable bonds is 6. The fraction of sp³-hybridized carbons (Fsp3) is 0.467. The number of carboxylic acid groups (broad SMARTS) is 1. The largest absolute Gasteiger partial charge is 0.481 e. The number of hydrogen-bond acceptors (Lipinski definition) is 2. The van der Waals surface area contributed by atoms with Crippen LogP contribution in [0.4, 0.5) is 0 Å². The topological polar surface area (TPSA) is 66.4 Å². The molecule has 4 nitrogen and oxygen atoms in total. The average Bonchev–Trinajstić information content (AvgIpc) is 2.31. The van der Waals surface area contributed by atoms with Crippen LogP contribution in [0.2, 0.25) is 0 Å². The van der Waals surface area contributed by atoms with Gasteiger partial charge in [0, 0.05) is 12.5 Å². The van der Waals surface area contributed by atoms with Gasteiger partial charge in [-0.05, 0) is 38.3 Å². The highest BCUT2D eigenvalue weighted by molar-refractivity contribution is 5.79. The van der Waals surface area contributed by atoms with Crippen LogP contribution in [0.1, 0.15) is 36.5 Å². The molecule has 0 aliphatic heterocycles. The van der Waals surface area contributed by atoms with E-state index in [1.165, 1.54) is 0 Å². The smallest absolute Gasteiger partial charge is 0.303 e. The molecule has 4 heteroatoms. The molecule has 1 aromatic carbocycles. The van der Waals surface area contributed by atoms with Crippen molar-refractivity contribution in [1.82, 2.24) is 5.32 Å². The van der Waals surface area contributed by atoms with E-state index < -0.39 is 5.97 Å². The highest BCUT2D eigenvalue weighted by Gasteiger charge is 2.11. The minimum Gasteiger partial charge on any atom is -0.481 e. The summed E-state index contributed by atoms with van der Waals surface area (Å²) in [5, 5.41) is 11.4. The van der Waals surface area contributed by atoms with Gasteiger partial charge in [-0.15, -0.1) is 0 Å². The van der Waals surface area contributed by atoms with Gasteiger partial charge in [0.1, 0.15) is 0 Å². The van der Waals surface area contributed by atoms with Crippen molar-refractivity contribution in [3.63, 3.8) is 0 Å². The normalized spacial score (nSPS) is 11.9. The molecule has 0 aliphatic carbocycles. The zero-order valence-corrected chi connectivity index (χ0v) is 11.7. The van der Waals surface area contributed by atoms with E-state index in [-0.39, 0.29) is 18.4 Å². The number of aryl methyl sites for hydroxylation is 2. The summed E-state index contributed by atoms with van der Waals surface area (Å²) in [5.74, 6) is -0.901. The minimum atomic E-state index is -0.837. The summed E-state index contributed by atoms with van der Waals surface area (Å²) in [6.07, 6.45) is 0.865. The molecule has 1 rings (SSSR count). The van der Waals surface area contributed by atoms with E-state index in [1.54, 1.807) is 0 Å². The molecule has 0 heterocycles. The molecule has 2 N–H and O–H groups in total. The Bertz CT molecular complexity index is 468. The van der Waals surface area contributed by atoms with Crippen molar-refractivity contribution < 1.29 is 14.7 Å². The van der Waals surface area contributed by atoms with Gasteiger partial charge in [0.2, 0.25) is 5.91 Å². The van der Waals surface area contributed by atoms with E-state index in [0.717, 1.165) is 16.7 Å². The Hall–Kier alpha value is -1.84. The molecule has 0 aliphatic rings. The van der Waals surface area contributed by atoms with Crippen molar-refractivity contribution >= 4 is 11.9 Å². The number of aliphatic carboxylic acids is 1. The number of carbonyl (C=O) groups is 2. The molecule has 1 unspecified atom stereocenters. The second-order valence-electron chi connectivity index (χ2n) is 5.01. The Morgan fingerprint density at radius 3 is 2.63 bits per heavy atom. The molecular weight excluding hydrogens is 242 g/mol. The van der Waals surface area contributed by atoms with E-state index in [9.17, 15) is 9.59 Å². The first-order valence-electron chi connectivity index (χ1n) is 6.45. The summed E-state index contributed by atoms with van der Waals surface area (Å²) in [5.41, 5.74) is 3.24. The number of carbonyl (C=O) groups excluding carboxylic acids is 1. The van der Waals surface area contributed by atoms with Crippen LogP contribution in [-0.2, 0) is 16.0 Å². The summed E-state index contributed by atoms with van der Waals surface area (Å²) >= 11 is 0. The second kappa shape index (κ2) is 6.92. The minimum absolute atomic E-state index is 0.0633. The first kappa shape index (κ1) is 15.2. The zero-order chi connectivity index (χ0) is 14.4. The van der Waals surface area contributed by atoms with Gasteiger partial charge in [-0.3, -0.25) is 9.59 Å². The van der Waals surface area contributed by atoms with E-state index in [4.69, 9.17) is 5.11 Å². The van der Waals surface area contributed by atoms with E-state index in [0.29, 0.717) is 12.8 Å². The van der Waals surface area contributed by atoms with Gasteiger partial charge in [-0.2, -0.15) is 0 Å². The molecule has 0 saturated heterocycles. The predicted molar refractivity (Wildman–Crippen MR) is 74.1 cm³/mol. The lowest BCUT2D eigenvalue weighted by Gasteiger charge is -2.13. The molecular formula is C15H21NO3. The van der Waals surface area contributed by atoms with Gasteiger partial charge < -0.3 is 10.4 Å². The number of nitrogens with one attached hydrogen (secondary N) is 1. The van der Waals surface area contributed by atoms with Crippen molar-refractivity contribution in [2.45, 2.75) is 46.1 Å². The molecule has 19 heavy (non-hydrogen) atoms. The van der Waals surface area contributed by atoms with Crippen molar-refractivity contribution in [3.8, 4) is 0 Å². The Morgan fingerprint density at radius 2 is 2.00 bits per heavy atom. The lowest BCUT2D eigenvalue weighted by molar-refractivity contribution is -0.137. The Balaban J connectivity index is 2.50. The van der Waals surface area contributed by atoms with Crippen LogP contribution in [0.3, 0.4) is 0 Å². The number of benzene rings is 1. The molecule has 0 fully saturated rings. The van der Waals surface area contributed by atoms with Crippen molar-refractivity contribution in [1.29, 1.82) is 0 Å². The number of carboxylic acids is 1. The van der Waals surface area contributed by atoms with Crippen molar-refractivity contribution in [2.75, 3.05) is 0 Å². The third-order valence-corrected chi connectivity index (χ3v) is 3.05. The monoisotopic (exact) mass is 263 g/mol. The number of amides is 1. The lowest BCUT2D eigenvalue weighted by Crippen LogP contribution is -2.34. The first-order valence-corrected chi connectivity index (χ1v) is 6.45. The van der Waals surface area contributed by atoms with Crippen LogP contribution >= 0.6 is 0 Å². The summed E-state index contributed by atoms with van der Waals surface area (Å²) < 4.78 is 0. The molecule has 0 aromatic heterocycles. The summed E-state index contributed by atoms with van der Waals surface area (Å²) in [4.78, 5) is 22.3. The number of hydrogen-bond donors (Lipinski definition) is 2. The van der Waals surface area contributed by atoms with Crippen molar-refractivity contribution in [2.24, 2.45) is 0 Å². The van der Waals surface area contributed by atoms with Crippen LogP contribution in [0.25, 0.3) is 0 Å². The van der Waals surface area contributed by atoms with Crippen LogP contribution in [-0.4, -0.2) is 23.0 Å². The Morgan fingerprint density at radius 1 is 1.32 bits per heavy atom. The third kappa shape index (κ3) is 5.55. The predicted octanol–water partition coefficient (Wildman–Crippen LogP) is 2.22. The summed E-state index contributed by atoms with van der Waals surface area (Å²) in [6, 6.07) is 5.92. The zero-order valence-electron chi connectivity index (χ0n) is 11.7. The van der Waals surface area contributed by atoms with Crippen LogP contribution in [0.15, 0.2) is 18.2 Å². The highest BCUT2D eigenvalue weighted by Crippen LogP contribution is 2.11. The van der Waals surface area contributed by atoms with E-state index in [2.05, 4.69) is 5.32 Å². The van der Waals surface area contributed by atoms with Gasteiger partial charge in [-0.25, -0.2) is 0 Å². The van der Waals surface area contributed by atoms with Crippen LogP contribution in [0, 0.1) is 13.8 Å². The molecule has 0 saturated carbocycles. The van der Waals surface area contributed by atoms with Crippen molar-refractivity contribution in [3.05, 3.63) is 34.9 Å². The summed E-state index contributed by atoms with van der Waals surface area (Å²) in [7, 11) is 0. The average molecular weight is 263 g/mol. The van der Waals surface area contributed by atoms with Gasteiger partial charge in [0.25, 0.3) is 0 Å². The highest BCUT2D eigenvalue weighted by atomic mass is 16.4. The second-order valence-corrected chi connectivity index (χ2v) is 5.01. The lowest BCUT2D eigenvalue weighted by atomic mass is 10.0. The molecule has 0 bridgehead atoms. The molecule has 0 radical (unpaired) electrons. The molecule has 1 amide bonds. The first-order chi connectivity index (χ1) is 8.88. The van der Waals surface area contributed by atoms with Gasteiger partial charge >= 0.3 is 5.97 Å². The summed E-state index contributed by atoms with van der Waals surface area (Å²) in [6.45, 7) is 5.80. The van der Waals surface area contributed by atoms with Crippen LogP contribution < -0.4 is 5.32 Å². The van der Waals surface area contributed by atoms with Gasteiger partial charge in [0.15, 0.2) is 0 Å². The quantitative estimate of drug-likeness (QED) is 0.827.